The van der Waals surface area contributed by atoms with Gasteiger partial charge in [-0.1, -0.05) is 316 Å². The Bertz CT molecular complexity index is 1200. The lowest BCUT2D eigenvalue weighted by atomic mass is 10.0. The van der Waals surface area contributed by atoms with Crippen molar-refractivity contribution in [1.29, 1.82) is 0 Å². The number of rotatable bonds is 63. The van der Waals surface area contributed by atoms with Crippen molar-refractivity contribution in [3.63, 3.8) is 0 Å². The first-order valence-electron chi connectivity index (χ1n) is 34.3. The van der Waals surface area contributed by atoms with Gasteiger partial charge in [-0.2, -0.15) is 0 Å². The minimum Gasteiger partial charge on any atom is -0.365 e. The number of hydrogen-bond acceptors (Lipinski definition) is 3. The van der Waals surface area contributed by atoms with Crippen molar-refractivity contribution in [2.45, 2.75) is 368 Å². The van der Waals surface area contributed by atoms with E-state index in [4.69, 9.17) is 5.73 Å². The van der Waals surface area contributed by atoms with Gasteiger partial charge in [-0.3, -0.25) is 4.79 Å². The molecule has 0 aliphatic rings. The summed E-state index contributed by atoms with van der Waals surface area (Å²) < 4.78 is 2.13. The Kier molecular flexibility index (Phi) is 56.4. The van der Waals surface area contributed by atoms with Gasteiger partial charge >= 0.3 is 0 Å². The van der Waals surface area contributed by atoms with E-state index < -0.39 is 0 Å². The second-order valence-corrected chi connectivity index (χ2v) is 24.1. The second-order valence-electron chi connectivity index (χ2n) is 24.1. The van der Waals surface area contributed by atoms with Gasteiger partial charge in [0.2, 0.25) is 0 Å². The van der Waals surface area contributed by atoms with Gasteiger partial charge in [0.15, 0.2) is 12.4 Å². The number of carbonyl (C=O) groups is 1. The number of primary amides is 1. The molecule has 0 bridgehead atoms. The third-order valence-corrected chi connectivity index (χ3v) is 16.7. The summed E-state index contributed by atoms with van der Waals surface area (Å²) >= 11 is 0. The van der Waals surface area contributed by atoms with Crippen molar-refractivity contribution < 1.29 is 9.36 Å². The van der Waals surface area contributed by atoms with Crippen LogP contribution >= 0.6 is 0 Å². The van der Waals surface area contributed by atoms with E-state index in [1.54, 1.807) is 0 Å². The van der Waals surface area contributed by atoms with Crippen molar-refractivity contribution in [3.8, 4) is 0 Å². The van der Waals surface area contributed by atoms with Crippen molar-refractivity contribution in [2.24, 2.45) is 5.73 Å². The number of hydrogen-bond donors (Lipinski definition) is 1. The monoisotopic (exact) mass is 1040 g/mol. The Balaban J connectivity index is 2.52. The molecule has 0 unspecified atom stereocenters. The lowest BCUT2D eigenvalue weighted by Gasteiger charge is -2.26. The molecule has 5 nitrogen and oxygen atoms in total. The summed E-state index contributed by atoms with van der Waals surface area (Å²) in [6, 6.07) is 3.76. The van der Waals surface area contributed by atoms with Gasteiger partial charge in [0.1, 0.15) is 12.1 Å². The SMILES string of the molecule is CCCCCCCCCCCCCCCCCCN(CCCCCCCCCCCCCCCCCC)CCCN(CCCCCCCCCCCCCCCCCC)CCCCCC[n+]1cccc(C(N)=O)c1. The molecular weight excluding hydrogens is 901 g/mol. The topological polar surface area (TPSA) is 53.4 Å². The van der Waals surface area contributed by atoms with Crippen LogP contribution in [0.25, 0.3) is 0 Å². The summed E-state index contributed by atoms with van der Waals surface area (Å²) in [4.78, 5) is 17.4. The van der Waals surface area contributed by atoms with Crippen molar-refractivity contribution in [1.82, 2.24) is 9.80 Å². The standard InChI is InChI=1S/C69H134N4O/c1-4-7-10-13-16-19-22-25-28-31-34-37-40-43-46-51-59-71(60-52-47-44-41-38-35-32-29-26-23-20-17-14-11-8-5-2)65-57-66-72(62-54-49-50-55-63-73-64-56-58-68(67-73)69(70)74)61-53-48-45-42-39-36-33-30-27-24-21-18-15-12-9-6-3/h56,58,64,67H,4-55,57,59-63,65-66H2,1-3H3,(H-,70,74)/p+1. The van der Waals surface area contributed by atoms with Gasteiger partial charge in [0, 0.05) is 12.5 Å². The Hall–Kier alpha value is -1.46. The average Bonchev–Trinajstić information content (AvgIpc) is 3.41. The van der Waals surface area contributed by atoms with Crippen LogP contribution in [-0.2, 0) is 6.54 Å². The normalized spacial score (nSPS) is 11.8. The van der Waals surface area contributed by atoms with Gasteiger partial charge in [0.25, 0.3) is 5.91 Å². The van der Waals surface area contributed by atoms with Gasteiger partial charge in [-0.25, -0.2) is 4.57 Å². The first-order chi connectivity index (χ1) is 36.6. The number of pyridine rings is 1. The van der Waals surface area contributed by atoms with Crippen LogP contribution in [0.5, 0.6) is 0 Å². The number of nitrogens with two attached hydrogens (primary N) is 1. The predicted octanol–water partition coefficient (Wildman–Crippen LogP) is 21.4. The predicted molar refractivity (Wildman–Crippen MR) is 330 cm³/mol. The largest absolute Gasteiger partial charge is 0.365 e. The Morgan fingerprint density at radius 3 is 0.784 bits per heavy atom. The van der Waals surface area contributed by atoms with Gasteiger partial charge in [-0.15, -0.1) is 0 Å². The van der Waals surface area contributed by atoms with E-state index in [0.29, 0.717) is 5.56 Å². The highest BCUT2D eigenvalue weighted by Crippen LogP contribution is 2.18. The lowest BCUT2D eigenvalue weighted by Crippen LogP contribution is -2.34. The van der Waals surface area contributed by atoms with Crippen molar-refractivity contribution in [2.75, 3.05) is 39.3 Å². The molecule has 0 atom stereocenters. The van der Waals surface area contributed by atoms with E-state index in [-0.39, 0.29) is 5.91 Å². The third-order valence-electron chi connectivity index (χ3n) is 16.7. The molecule has 1 amide bonds. The molecule has 74 heavy (non-hydrogen) atoms. The fourth-order valence-corrected chi connectivity index (χ4v) is 11.6. The molecule has 436 valence electrons. The maximum absolute atomic E-state index is 11.7. The molecule has 1 rings (SSSR count). The number of aromatic nitrogens is 1. The molecule has 0 fully saturated rings. The van der Waals surface area contributed by atoms with Crippen LogP contribution in [0.2, 0.25) is 0 Å². The number of unbranched alkanes of at least 4 members (excludes halogenated alkanes) is 48. The molecule has 0 saturated heterocycles. The van der Waals surface area contributed by atoms with Gasteiger partial charge in [0.05, 0.1) is 0 Å². The van der Waals surface area contributed by atoms with E-state index >= 15 is 0 Å². The molecule has 1 aromatic heterocycles. The summed E-state index contributed by atoms with van der Waals surface area (Å²) in [5.74, 6) is -0.340. The Morgan fingerprint density at radius 1 is 0.324 bits per heavy atom. The molecule has 5 heteroatoms. The molecule has 0 aliphatic carbocycles. The van der Waals surface area contributed by atoms with Crippen LogP contribution in [0.1, 0.15) is 371 Å². The number of carbonyl (C=O) groups excluding carboxylic acids is 1. The van der Waals surface area contributed by atoms with Crippen LogP contribution in [0.15, 0.2) is 24.5 Å². The highest BCUT2D eigenvalue weighted by Gasteiger charge is 2.11. The highest BCUT2D eigenvalue weighted by atomic mass is 16.1. The maximum Gasteiger partial charge on any atom is 0.254 e. The smallest absolute Gasteiger partial charge is 0.254 e. The summed E-state index contributed by atoms with van der Waals surface area (Å²) in [7, 11) is 0. The minimum atomic E-state index is -0.340. The lowest BCUT2D eigenvalue weighted by molar-refractivity contribution is -0.697. The van der Waals surface area contributed by atoms with E-state index in [1.165, 1.54) is 373 Å². The van der Waals surface area contributed by atoms with E-state index in [2.05, 4.69) is 41.3 Å². The number of aryl methyl sites for hydroxylation is 1. The van der Waals surface area contributed by atoms with E-state index in [1.807, 2.05) is 18.3 Å². The second kappa shape index (κ2) is 59.2. The summed E-state index contributed by atoms with van der Waals surface area (Å²) in [5.41, 5.74) is 6.15. The van der Waals surface area contributed by atoms with E-state index in [0.717, 1.165) is 13.0 Å². The highest BCUT2D eigenvalue weighted by molar-refractivity contribution is 5.92. The van der Waals surface area contributed by atoms with Gasteiger partial charge < -0.3 is 15.5 Å². The maximum atomic E-state index is 11.7. The molecule has 1 aromatic rings. The Labute approximate surface area is 465 Å². The summed E-state index contributed by atoms with van der Waals surface area (Å²) in [6.07, 6.45) is 79.6. The fourth-order valence-electron chi connectivity index (χ4n) is 11.6. The molecule has 0 aromatic carbocycles. The van der Waals surface area contributed by atoms with Crippen LogP contribution in [0.3, 0.4) is 0 Å². The quantitative estimate of drug-likeness (QED) is 0.0522. The van der Waals surface area contributed by atoms with Crippen LogP contribution in [0, 0.1) is 0 Å². The van der Waals surface area contributed by atoms with Crippen LogP contribution < -0.4 is 10.3 Å². The zero-order chi connectivity index (χ0) is 53.1. The van der Waals surface area contributed by atoms with Crippen molar-refractivity contribution in [3.05, 3.63) is 30.1 Å². The molecule has 0 radical (unpaired) electrons. The minimum absolute atomic E-state index is 0.340. The zero-order valence-corrected chi connectivity index (χ0v) is 51.1. The molecule has 1 heterocycles. The van der Waals surface area contributed by atoms with Crippen LogP contribution in [0.4, 0.5) is 0 Å². The fraction of sp³-hybridized carbons (Fsp3) is 0.913. The third kappa shape index (κ3) is 51.3. The molecule has 0 saturated carbocycles. The Morgan fingerprint density at radius 2 is 0.541 bits per heavy atom. The van der Waals surface area contributed by atoms with Crippen molar-refractivity contribution >= 4 is 5.91 Å². The molecule has 0 spiro atoms. The first-order valence-corrected chi connectivity index (χ1v) is 34.3. The van der Waals surface area contributed by atoms with E-state index in [9.17, 15) is 4.79 Å². The van der Waals surface area contributed by atoms with Crippen LogP contribution in [-0.4, -0.2) is 55.0 Å². The zero-order valence-electron chi connectivity index (χ0n) is 51.1. The van der Waals surface area contributed by atoms with Gasteiger partial charge in [-0.05, 0) is 83.9 Å². The molecular formula is C69H135N4O+. The number of nitrogens with zero attached hydrogens (tertiary/aromatic N) is 3. The first kappa shape index (κ1) is 70.6. The summed E-state index contributed by atoms with van der Waals surface area (Å²) in [5, 5.41) is 0. The molecule has 0 aliphatic heterocycles. The molecule has 2 N–H and O–H groups in total. The number of amides is 1. The summed E-state index contributed by atoms with van der Waals surface area (Å²) in [6.45, 7) is 15.6. The average molecular weight is 1040 g/mol.